The Morgan fingerprint density at radius 3 is 2.35 bits per heavy atom. The van der Waals surface area contributed by atoms with Gasteiger partial charge in [-0.2, -0.15) is 5.48 Å². The molecule has 0 heterocycles. The molecule has 17 heavy (non-hydrogen) atoms. The lowest BCUT2D eigenvalue weighted by Gasteiger charge is -2.19. The molecule has 0 unspecified atom stereocenters. The van der Waals surface area contributed by atoms with Gasteiger partial charge in [-0.3, -0.25) is 9.59 Å². The second-order valence-electron chi connectivity index (χ2n) is 4.25. The summed E-state index contributed by atoms with van der Waals surface area (Å²) in [7, 11) is 0. The van der Waals surface area contributed by atoms with E-state index in [1.54, 1.807) is 0 Å². The van der Waals surface area contributed by atoms with Gasteiger partial charge >= 0.3 is 5.97 Å². The monoisotopic (exact) mass is 242 g/mol. The standard InChI is InChI=1S/C11H18N2O4/c12-9(14)6-7-10(15)13-17-11(16)8-4-2-1-3-5-8/h8H,1-7H2,(H2,12,14)(H,13,15). The maximum absolute atomic E-state index is 11.5. The van der Waals surface area contributed by atoms with E-state index in [1.807, 2.05) is 5.48 Å². The van der Waals surface area contributed by atoms with Gasteiger partial charge in [-0.25, -0.2) is 4.79 Å². The van der Waals surface area contributed by atoms with Crippen molar-refractivity contribution in [2.24, 2.45) is 11.7 Å². The summed E-state index contributed by atoms with van der Waals surface area (Å²) in [4.78, 5) is 37.8. The average Bonchev–Trinajstić information content (AvgIpc) is 2.34. The van der Waals surface area contributed by atoms with Gasteiger partial charge in [0.2, 0.25) is 5.91 Å². The number of rotatable bonds is 4. The van der Waals surface area contributed by atoms with Gasteiger partial charge in [0.1, 0.15) is 0 Å². The van der Waals surface area contributed by atoms with Crippen molar-refractivity contribution in [2.45, 2.75) is 44.9 Å². The SMILES string of the molecule is NC(=O)CCC(=O)NOC(=O)C1CCCCC1. The van der Waals surface area contributed by atoms with E-state index in [0.29, 0.717) is 0 Å². The fraction of sp³-hybridized carbons (Fsp3) is 0.727. The molecule has 0 atom stereocenters. The molecular formula is C11H18N2O4. The molecule has 0 bridgehead atoms. The van der Waals surface area contributed by atoms with Crippen molar-refractivity contribution in [3.8, 4) is 0 Å². The minimum absolute atomic E-state index is 0.0488. The van der Waals surface area contributed by atoms with Crippen LogP contribution in [0.25, 0.3) is 0 Å². The van der Waals surface area contributed by atoms with Gasteiger partial charge < -0.3 is 10.6 Å². The molecule has 1 saturated carbocycles. The van der Waals surface area contributed by atoms with Crippen molar-refractivity contribution in [3.63, 3.8) is 0 Å². The second-order valence-corrected chi connectivity index (χ2v) is 4.25. The summed E-state index contributed by atoms with van der Waals surface area (Å²) in [6, 6.07) is 0. The minimum Gasteiger partial charge on any atom is -0.370 e. The van der Waals surface area contributed by atoms with Gasteiger partial charge in [-0.05, 0) is 12.8 Å². The van der Waals surface area contributed by atoms with Crippen molar-refractivity contribution < 1.29 is 19.2 Å². The third-order valence-corrected chi connectivity index (χ3v) is 2.80. The van der Waals surface area contributed by atoms with Gasteiger partial charge in [0.25, 0.3) is 5.91 Å². The summed E-state index contributed by atoms with van der Waals surface area (Å²) in [6.07, 6.45) is 4.71. The summed E-state index contributed by atoms with van der Waals surface area (Å²) in [5.74, 6) is -1.57. The first-order valence-corrected chi connectivity index (χ1v) is 5.87. The summed E-state index contributed by atoms with van der Waals surface area (Å²) in [5.41, 5.74) is 6.93. The number of hydrogen-bond donors (Lipinski definition) is 2. The van der Waals surface area contributed by atoms with Gasteiger partial charge in [0.05, 0.1) is 5.92 Å². The van der Waals surface area contributed by atoms with Crippen molar-refractivity contribution >= 4 is 17.8 Å². The smallest absolute Gasteiger partial charge is 0.335 e. The van der Waals surface area contributed by atoms with Crippen LogP contribution in [0, 0.1) is 5.92 Å². The highest BCUT2D eigenvalue weighted by atomic mass is 16.7. The molecule has 1 aliphatic rings. The van der Waals surface area contributed by atoms with Crippen LogP contribution in [0.4, 0.5) is 0 Å². The van der Waals surface area contributed by atoms with Crippen LogP contribution in [0.2, 0.25) is 0 Å². The van der Waals surface area contributed by atoms with Crippen LogP contribution >= 0.6 is 0 Å². The van der Waals surface area contributed by atoms with Crippen LogP contribution in [0.3, 0.4) is 0 Å². The highest BCUT2D eigenvalue weighted by molar-refractivity contribution is 5.83. The van der Waals surface area contributed by atoms with Gasteiger partial charge in [-0.1, -0.05) is 19.3 Å². The Morgan fingerprint density at radius 2 is 1.76 bits per heavy atom. The minimum atomic E-state index is -0.557. The molecule has 6 heteroatoms. The molecular weight excluding hydrogens is 224 g/mol. The van der Waals surface area contributed by atoms with Gasteiger partial charge in [0.15, 0.2) is 0 Å². The molecule has 0 spiro atoms. The largest absolute Gasteiger partial charge is 0.370 e. The van der Waals surface area contributed by atoms with E-state index in [0.717, 1.165) is 32.1 Å². The number of amides is 2. The van der Waals surface area contributed by atoms with E-state index in [4.69, 9.17) is 5.73 Å². The van der Waals surface area contributed by atoms with E-state index in [-0.39, 0.29) is 18.8 Å². The molecule has 0 aromatic rings. The zero-order valence-electron chi connectivity index (χ0n) is 9.74. The molecule has 0 saturated heterocycles. The van der Waals surface area contributed by atoms with Crippen molar-refractivity contribution in [3.05, 3.63) is 0 Å². The van der Waals surface area contributed by atoms with Crippen molar-refractivity contribution in [1.82, 2.24) is 5.48 Å². The Hall–Kier alpha value is -1.59. The molecule has 1 rings (SSSR count). The van der Waals surface area contributed by atoms with E-state index in [1.165, 1.54) is 0 Å². The first-order chi connectivity index (χ1) is 8.09. The molecule has 0 aliphatic heterocycles. The Balaban J connectivity index is 2.18. The molecule has 1 fully saturated rings. The molecule has 0 radical (unpaired) electrons. The lowest BCUT2D eigenvalue weighted by molar-refractivity contribution is -0.163. The predicted octanol–water partition coefficient (Wildman–Crippen LogP) is 0.407. The molecule has 6 nitrogen and oxygen atoms in total. The Kier molecular flexibility index (Phi) is 5.45. The Morgan fingerprint density at radius 1 is 1.12 bits per heavy atom. The van der Waals surface area contributed by atoms with Crippen LogP contribution in [0.1, 0.15) is 44.9 Å². The number of nitrogens with two attached hydrogens (primary N) is 1. The van der Waals surface area contributed by atoms with Crippen LogP contribution in [-0.4, -0.2) is 17.8 Å². The lowest BCUT2D eigenvalue weighted by Crippen LogP contribution is -2.31. The van der Waals surface area contributed by atoms with Gasteiger partial charge in [0, 0.05) is 12.8 Å². The van der Waals surface area contributed by atoms with E-state index in [2.05, 4.69) is 4.84 Å². The fourth-order valence-corrected chi connectivity index (χ4v) is 1.82. The third-order valence-electron chi connectivity index (χ3n) is 2.80. The van der Waals surface area contributed by atoms with E-state index < -0.39 is 17.8 Å². The van der Waals surface area contributed by atoms with Crippen LogP contribution < -0.4 is 11.2 Å². The highest BCUT2D eigenvalue weighted by Gasteiger charge is 2.23. The van der Waals surface area contributed by atoms with Crippen molar-refractivity contribution in [2.75, 3.05) is 0 Å². The maximum atomic E-state index is 11.5. The molecule has 0 aromatic carbocycles. The molecule has 1 aliphatic carbocycles. The topological polar surface area (TPSA) is 98.5 Å². The number of nitrogens with one attached hydrogen (secondary N) is 1. The number of primary amides is 1. The van der Waals surface area contributed by atoms with Crippen LogP contribution in [-0.2, 0) is 19.2 Å². The summed E-state index contributed by atoms with van der Waals surface area (Å²) in [6.45, 7) is 0. The maximum Gasteiger partial charge on any atom is 0.335 e. The highest BCUT2D eigenvalue weighted by Crippen LogP contribution is 2.24. The fourth-order valence-electron chi connectivity index (χ4n) is 1.82. The zero-order chi connectivity index (χ0) is 12.7. The van der Waals surface area contributed by atoms with Crippen LogP contribution in [0.5, 0.6) is 0 Å². The van der Waals surface area contributed by atoms with E-state index >= 15 is 0 Å². The molecule has 2 amide bonds. The number of carbonyl (C=O) groups is 3. The Labute approximate surface area is 99.8 Å². The van der Waals surface area contributed by atoms with Crippen LogP contribution in [0.15, 0.2) is 0 Å². The molecule has 96 valence electrons. The quantitative estimate of drug-likeness (QED) is 0.697. The average molecular weight is 242 g/mol. The zero-order valence-corrected chi connectivity index (χ0v) is 9.74. The summed E-state index contributed by atoms with van der Waals surface area (Å²) < 4.78 is 0. The third kappa shape index (κ3) is 5.33. The Bertz CT molecular complexity index is 298. The number of hydrogen-bond acceptors (Lipinski definition) is 4. The number of carbonyl (C=O) groups excluding carboxylic acids is 3. The summed E-state index contributed by atoms with van der Waals surface area (Å²) in [5, 5.41) is 0. The number of hydroxylamine groups is 1. The first kappa shape index (κ1) is 13.5. The lowest BCUT2D eigenvalue weighted by atomic mass is 9.89. The first-order valence-electron chi connectivity index (χ1n) is 5.87. The summed E-state index contributed by atoms with van der Waals surface area (Å²) >= 11 is 0. The second kappa shape index (κ2) is 6.88. The van der Waals surface area contributed by atoms with E-state index in [9.17, 15) is 14.4 Å². The molecule has 3 N–H and O–H groups in total. The van der Waals surface area contributed by atoms with Gasteiger partial charge in [-0.15, -0.1) is 0 Å². The van der Waals surface area contributed by atoms with Crippen molar-refractivity contribution in [1.29, 1.82) is 0 Å². The molecule has 0 aromatic heterocycles. The predicted molar refractivity (Wildman–Crippen MR) is 59.2 cm³/mol. The normalized spacial score (nSPS) is 16.2.